The number of anilines is 2. The largest absolute Gasteiger partial charge is 0.370 e. The number of amides is 1. The van der Waals surface area contributed by atoms with E-state index in [2.05, 4.69) is 37.5 Å². The minimum absolute atomic E-state index is 0.0282. The van der Waals surface area contributed by atoms with E-state index < -0.39 is 0 Å². The van der Waals surface area contributed by atoms with Gasteiger partial charge in [-0.3, -0.25) is 9.48 Å². The molecule has 1 fully saturated rings. The van der Waals surface area contributed by atoms with Gasteiger partial charge in [0.1, 0.15) is 18.0 Å². The van der Waals surface area contributed by atoms with Gasteiger partial charge >= 0.3 is 0 Å². The van der Waals surface area contributed by atoms with Crippen molar-refractivity contribution in [1.29, 1.82) is 0 Å². The first-order valence-corrected chi connectivity index (χ1v) is 11.0. The average molecular weight is 414 g/mol. The highest BCUT2D eigenvalue weighted by molar-refractivity contribution is 5.76. The summed E-state index contributed by atoms with van der Waals surface area (Å²) in [5.41, 5.74) is 3.20. The first kappa shape index (κ1) is 22.1. The van der Waals surface area contributed by atoms with Crippen LogP contribution < -0.4 is 15.5 Å². The Balaban J connectivity index is 1.51. The Morgan fingerprint density at radius 2 is 2.13 bits per heavy atom. The molecule has 0 bridgehead atoms. The van der Waals surface area contributed by atoms with E-state index in [1.54, 1.807) is 6.33 Å². The topological polar surface area (TPSA) is 88.0 Å². The number of nitrogens with one attached hydrogen (secondary N) is 2. The zero-order valence-electron chi connectivity index (χ0n) is 18.9. The second kappa shape index (κ2) is 9.91. The number of carbonyl (C=O) groups excluding carboxylic acids is 1. The number of hydrogen-bond acceptors (Lipinski definition) is 6. The highest BCUT2D eigenvalue weighted by atomic mass is 16.1. The molecule has 1 amide bonds. The number of aromatic nitrogens is 4. The molecule has 0 radical (unpaired) electrons. The Morgan fingerprint density at radius 1 is 1.33 bits per heavy atom. The first-order chi connectivity index (χ1) is 14.4. The molecule has 8 nitrogen and oxygen atoms in total. The molecule has 0 aromatic carbocycles. The van der Waals surface area contributed by atoms with Gasteiger partial charge in [-0.15, -0.1) is 0 Å². The van der Waals surface area contributed by atoms with E-state index >= 15 is 0 Å². The molecule has 0 spiro atoms. The monoisotopic (exact) mass is 413 g/mol. The molecule has 164 valence electrons. The maximum atomic E-state index is 12.6. The van der Waals surface area contributed by atoms with Crippen LogP contribution in [0.15, 0.2) is 12.4 Å². The van der Waals surface area contributed by atoms with Crippen LogP contribution in [0.2, 0.25) is 0 Å². The summed E-state index contributed by atoms with van der Waals surface area (Å²) in [6.45, 7) is 10.9. The second-order valence-corrected chi connectivity index (χ2v) is 8.28. The molecular formula is C22H35N7O. The van der Waals surface area contributed by atoms with Crippen molar-refractivity contribution in [2.24, 2.45) is 13.0 Å². The third-order valence-corrected chi connectivity index (χ3v) is 6.01. The maximum absolute atomic E-state index is 12.6. The number of rotatable bonds is 8. The Hall–Kier alpha value is -2.64. The molecule has 3 heterocycles. The molecule has 1 aliphatic heterocycles. The van der Waals surface area contributed by atoms with Gasteiger partial charge in [0.05, 0.1) is 11.7 Å². The van der Waals surface area contributed by atoms with Gasteiger partial charge in [-0.1, -0.05) is 0 Å². The quantitative estimate of drug-likeness (QED) is 0.691. The van der Waals surface area contributed by atoms with Crippen LogP contribution in [0, 0.1) is 19.8 Å². The fourth-order valence-corrected chi connectivity index (χ4v) is 4.44. The molecule has 2 aromatic rings. The molecule has 2 aromatic heterocycles. The van der Waals surface area contributed by atoms with Crippen LogP contribution in [-0.2, 0) is 11.8 Å². The molecule has 1 saturated heterocycles. The van der Waals surface area contributed by atoms with Crippen molar-refractivity contribution in [3.8, 4) is 0 Å². The second-order valence-electron chi connectivity index (χ2n) is 8.28. The smallest absolute Gasteiger partial charge is 0.220 e. The van der Waals surface area contributed by atoms with E-state index in [-0.39, 0.29) is 11.9 Å². The Labute approximate surface area is 179 Å². The number of piperidine rings is 1. The van der Waals surface area contributed by atoms with Crippen molar-refractivity contribution >= 4 is 17.5 Å². The van der Waals surface area contributed by atoms with Gasteiger partial charge in [-0.2, -0.15) is 5.10 Å². The van der Waals surface area contributed by atoms with Crippen LogP contribution >= 0.6 is 0 Å². The standard InChI is InChI=1S/C22H35N7O/c1-6-23-19-12-20(25-14-24-19)29-11-7-8-18(13-29)9-10-21(30)26-15(2)22-16(3)27-28(5)17(22)4/h12,14-15,18H,6-11,13H2,1-5H3,(H,26,30)(H,23,24,25)/t15-,18+/m0/s1. The molecule has 3 rings (SSSR count). The molecule has 2 atom stereocenters. The van der Waals surface area contributed by atoms with Crippen molar-refractivity contribution in [2.75, 3.05) is 29.9 Å². The number of aryl methyl sites for hydroxylation is 2. The lowest BCUT2D eigenvalue weighted by Crippen LogP contribution is -2.36. The van der Waals surface area contributed by atoms with Gasteiger partial charge in [0, 0.05) is 50.4 Å². The molecule has 1 aliphatic rings. The fraction of sp³-hybridized carbons (Fsp3) is 0.636. The highest BCUT2D eigenvalue weighted by Gasteiger charge is 2.23. The van der Waals surface area contributed by atoms with Gasteiger partial charge < -0.3 is 15.5 Å². The number of carbonyl (C=O) groups is 1. The predicted octanol–water partition coefficient (Wildman–Crippen LogP) is 3.13. The van der Waals surface area contributed by atoms with Crippen LogP contribution in [-0.4, -0.2) is 45.3 Å². The summed E-state index contributed by atoms with van der Waals surface area (Å²) in [4.78, 5) is 23.6. The molecule has 0 saturated carbocycles. The Bertz CT molecular complexity index is 863. The van der Waals surface area contributed by atoms with Crippen molar-refractivity contribution in [2.45, 2.75) is 59.4 Å². The predicted molar refractivity (Wildman–Crippen MR) is 120 cm³/mol. The average Bonchev–Trinajstić information content (AvgIpc) is 2.98. The lowest BCUT2D eigenvalue weighted by Gasteiger charge is -2.33. The summed E-state index contributed by atoms with van der Waals surface area (Å²) in [5.74, 6) is 2.43. The normalized spacial score (nSPS) is 17.6. The zero-order chi connectivity index (χ0) is 21.7. The van der Waals surface area contributed by atoms with Crippen LogP contribution in [0.1, 0.15) is 62.5 Å². The number of hydrogen-bond donors (Lipinski definition) is 2. The fourth-order valence-electron chi connectivity index (χ4n) is 4.44. The van der Waals surface area contributed by atoms with Gasteiger partial charge in [0.15, 0.2) is 0 Å². The highest BCUT2D eigenvalue weighted by Crippen LogP contribution is 2.26. The van der Waals surface area contributed by atoms with Gasteiger partial charge in [-0.25, -0.2) is 9.97 Å². The SMILES string of the molecule is CCNc1cc(N2CCC[C@H](CCC(=O)N[C@@H](C)c3c(C)nn(C)c3C)C2)ncn1. The number of nitrogens with zero attached hydrogens (tertiary/aromatic N) is 5. The third-order valence-electron chi connectivity index (χ3n) is 6.01. The van der Waals surface area contributed by atoms with Crippen molar-refractivity contribution in [3.63, 3.8) is 0 Å². The molecular weight excluding hydrogens is 378 g/mol. The Morgan fingerprint density at radius 3 is 2.83 bits per heavy atom. The van der Waals surface area contributed by atoms with E-state index in [9.17, 15) is 4.79 Å². The van der Waals surface area contributed by atoms with E-state index in [1.807, 2.05) is 38.6 Å². The van der Waals surface area contributed by atoms with Crippen molar-refractivity contribution in [1.82, 2.24) is 25.1 Å². The zero-order valence-corrected chi connectivity index (χ0v) is 18.9. The van der Waals surface area contributed by atoms with Crippen LogP contribution in [0.5, 0.6) is 0 Å². The van der Waals surface area contributed by atoms with Crippen molar-refractivity contribution in [3.05, 3.63) is 29.3 Å². The van der Waals surface area contributed by atoms with Gasteiger partial charge in [-0.05, 0) is 52.9 Å². The lowest BCUT2D eigenvalue weighted by molar-refractivity contribution is -0.122. The van der Waals surface area contributed by atoms with Crippen LogP contribution in [0.25, 0.3) is 0 Å². The first-order valence-electron chi connectivity index (χ1n) is 11.0. The summed E-state index contributed by atoms with van der Waals surface area (Å²) in [6.07, 6.45) is 5.34. The van der Waals surface area contributed by atoms with Crippen LogP contribution in [0.4, 0.5) is 11.6 Å². The summed E-state index contributed by atoms with van der Waals surface area (Å²) >= 11 is 0. The Kier molecular flexibility index (Phi) is 7.29. The molecule has 0 unspecified atom stereocenters. The molecule has 8 heteroatoms. The minimum atomic E-state index is -0.0282. The maximum Gasteiger partial charge on any atom is 0.220 e. The van der Waals surface area contributed by atoms with E-state index in [0.717, 1.165) is 67.5 Å². The molecule has 0 aliphatic carbocycles. The molecule has 30 heavy (non-hydrogen) atoms. The van der Waals surface area contributed by atoms with E-state index in [1.165, 1.54) is 0 Å². The van der Waals surface area contributed by atoms with Crippen LogP contribution in [0.3, 0.4) is 0 Å². The summed E-state index contributed by atoms with van der Waals surface area (Å²) in [5, 5.41) is 10.9. The van der Waals surface area contributed by atoms with E-state index in [0.29, 0.717) is 12.3 Å². The summed E-state index contributed by atoms with van der Waals surface area (Å²) in [6, 6.07) is 1.98. The van der Waals surface area contributed by atoms with Crippen molar-refractivity contribution < 1.29 is 4.79 Å². The minimum Gasteiger partial charge on any atom is -0.370 e. The van der Waals surface area contributed by atoms with Gasteiger partial charge in [0.25, 0.3) is 0 Å². The van der Waals surface area contributed by atoms with E-state index in [4.69, 9.17) is 0 Å². The lowest BCUT2D eigenvalue weighted by atomic mass is 9.93. The third kappa shape index (κ3) is 5.29. The summed E-state index contributed by atoms with van der Waals surface area (Å²) < 4.78 is 1.87. The molecule has 2 N–H and O–H groups in total. The summed E-state index contributed by atoms with van der Waals surface area (Å²) in [7, 11) is 1.94. The van der Waals surface area contributed by atoms with Gasteiger partial charge in [0.2, 0.25) is 5.91 Å².